The fraction of sp³-hybridized carbons (Fsp3) is 0.545. The first-order chi connectivity index (χ1) is 13.4. The molecule has 0 aliphatic heterocycles. The number of benzene rings is 1. The van der Waals surface area contributed by atoms with Gasteiger partial charge in [-0.05, 0) is 80.8 Å². The molecule has 4 saturated carbocycles. The summed E-state index contributed by atoms with van der Waals surface area (Å²) in [6.07, 6.45) is 8.64. The van der Waals surface area contributed by atoms with E-state index < -0.39 is 17.5 Å². The lowest BCUT2D eigenvalue weighted by molar-refractivity contribution is -0.122. The summed E-state index contributed by atoms with van der Waals surface area (Å²) in [5, 5.41) is 15.0. The summed E-state index contributed by atoms with van der Waals surface area (Å²) in [6, 6.07) is 4.95. The van der Waals surface area contributed by atoms with Crippen molar-refractivity contribution in [1.29, 1.82) is 5.26 Å². The number of nitrogens with zero attached hydrogens (tertiary/aromatic N) is 1. The van der Waals surface area contributed by atoms with Crippen LogP contribution in [0.15, 0.2) is 30.0 Å². The molecule has 4 aliphatic rings. The molecule has 4 bridgehead atoms. The summed E-state index contributed by atoms with van der Waals surface area (Å²) in [4.78, 5) is 12.6. The van der Waals surface area contributed by atoms with Gasteiger partial charge in [0.2, 0.25) is 0 Å². The van der Waals surface area contributed by atoms with Gasteiger partial charge in [-0.15, -0.1) is 0 Å². The van der Waals surface area contributed by atoms with Crippen LogP contribution in [0.5, 0.6) is 0 Å². The summed E-state index contributed by atoms with van der Waals surface area (Å²) in [7, 11) is 0. The number of nitrogens with one attached hydrogen (secondary N) is 2. The van der Waals surface area contributed by atoms with E-state index in [0.717, 1.165) is 49.1 Å². The van der Waals surface area contributed by atoms with Crippen LogP contribution in [0.25, 0.3) is 0 Å². The third kappa shape index (κ3) is 3.50. The number of carbonyl (C=O) groups excluding carboxylic acids is 1. The number of anilines is 1. The van der Waals surface area contributed by atoms with Crippen LogP contribution in [-0.2, 0) is 4.79 Å². The maximum Gasteiger partial charge on any atom is 0.263 e. The first kappa shape index (κ1) is 18.9. The van der Waals surface area contributed by atoms with E-state index >= 15 is 0 Å². The monoisotopic (exact) mass is 385 g/mol. The van der Waals surface area contributed by atoms with Crippen LogP contribution >= 0.6 is 0 Å². The Morgan fingerprint density at radius 3 is 2.36 bits per heavy atom. The van der Waals surface area contributed by atoms with E-state index in [4.69, 9.17) is 0 Å². The molecule has 0 radical (unpaired) electrons. The van der Waals surface area contributed by atoms with Gasteiger partial charge >= 0.3 is 0 Å². The van der Waals surface area contributed by atoms with Crippen LogP contribution in [0.4, 0.5) is 14.5 Å². The molecule has 5 rings (SSSR count). The van der Waals surface area contributed by atoms with Gasteiger partial charge < -0.3 is 10.6 Å². The molecule has 1 unspecified atom stereocenters. The third-order valence-corrected chi connectivity index (χ3v) is 7.02. The highest BCUT2D eigenvalue weighted by molar-refractivity contribution is 5.97. The molecule has 1 aromatic carbocycles. The smallest absolute Gasteiger partial charge is 0.263 e. The third-order valence-electron chi connectivity index (χ3n) is 7.02. The fourth-order valence-corrected chi connectivity index (χ4v) is 6.04. The summed E-state index contributed by atoms with van der Waals surface area (Å²) >= 11 is 0. The number of carbonyl (C=O) groups is 1. The van der Waals surface area contributed by atoms with Crippen LogP contribution in [0.1, 0.15) is 45.4 Å². The number of halogens is 2. The van der Waals surface area contributed by atoms with Gasteiger partial charge in [0.1, 0.15) is 23.3 Å². The lowest BCUT2D eigenvalue weighted by Crippen LogP contribution is -2.56. The van der Waals surface area contributed by atoms with Crippen LogP contribution in [-0.4, -0.2) is 11.9 Å². The van der Waals surface area contributed by atoms with Crippen LogP contribution in [0.3, 0.4) is 0 Å². The quantitative estimate of drug-likeness (QED) is 0.579. The van der Waals surface area contributed by atoms with Gasteiger partial charge in [-0.1, -0.05) is 0 Å². The minimum Gasteiger partial charge on any atom is -0.358 e. The number of rotatable bonds is 5. The van der Waals surface area contributed by atoms with E-state index in [0.29, 0.717) is 0 Å². The summed E-state index contributed by atoms with van der Waals surface area (Å²) < 4.78 is 26.7. The van der Waals surface area contributed by atoms with Crippen molar-refractivity contribution in [2.75, 3.05) is 5.32 Å². The van der Waals surface area contributed by atoms with E-state index in [1.165, 1.54) is 31.5 Å². The molecule has 6 heteroatoms. The van der Waals surface area contributed by atoms with Gasteiger partial charge in [0.15, 0.2) is 0 Å². The Morgan fingerprint density at radius 1 is 1.21 bits per heavy atom. The summed E-state index contributed by atoms with van der Waals surface area (Å²) in [5.74, 6) is 0.408. The van der Waals surface area contributed by atoms with E-state index in [9.17, 15) is 18.8 Å². The average molecular weight is 385 g/mol. The molecule has 4 nitrogen and oxygen atoms in total. The lowest BCUT2D eigenvalue weighted by atomic mass is 9.48. The molecule has 0 aromatic heterocycles. The van der Waals surface area contributed by atoms with Crippen molar-refractivity contribution in [3.63, 3.8) is 0 Å². The number of amides is 1. The van der Waals surface area contributed by atoms with Crippen LogP contribution < -0.4 is 10.6 Å². The van der Waals surface area contributed by atoms with Gasteiger partial charge in [-0.25, -0.2) is 8.78 Å². The molecule has 1 aromatic rings. The van der Waals surface area contributed by atoms with Crippen molar-refractivity contribution in [2.24, 2.45) is 23.2 Å². The van der Waals surface area contributed by atoms with Crippen molar-refractivity contribution in [3.8, 4) is 6.07 Å². The van der Waals surface area contributed by atoms with Crippen molar-refractivity contribution >= 4 is 11.6 Å². The number of nitriles is 1. The molecule has 0 saturated heterocycles. The van der Waals surface area contributed by atoms with Gasteiger partial charge in [0, 0.05) is 18.3 Å². The molecule has 28 heavy (non-hydrogen) atoms. The first-order valence-corrected chi connectivity index (χ1v) is 10.0. The maximum atomic E-state index is 13.7. The van der Waals surface area contributed by atoms with E-state index in [-0.39, 0.29) is 22.7 Å². The molecule has 2 N–H and O–H groups in total. The van der Waals surface area contributed by atoms with Gasteiger partial charge in [-0.3, -0.25) is 4.79 Å². The number of hydrogen-bond donors (Lipinski definition) is 2. The van der Waals surface area contributed by atoms with Crippen molar-refractivity contribution in [3.05, 3.63) is 41.6 Å². The second-order valence-corrected chi connectivity index (χ2v) is 8.91. The van der Waals surface area contributed by atoms with Crippen LogP contribution in [0, 0.1) is 46.1 Å². The van der Waals surface area contributed by atoms with Crippen molar-refractivity contribution < 1.29 is 13.6 Å². The lowest BCUT2D eigenvalue weighted by Gasteiger charge is -2.59. The zero-order valence-corrected chi connectivity index (χ0v) is 16.0. The number of hydrogen-bond acceptors (Lipinski definition) is 3. The Hall–Kier alpha value is -2.42. The van der Waals surface area contributed by atoms with Gasteiger partial charge in [0.05, 0.1) is 5.69 Å². The molecular formula is C22H25F2N3O. The Kier molecular flexibility index (Phi) is 4.86. The first-order valence-electron chi connectivity index (χ1n) is 10.0. The topological polar surface area (TPSA) is 64.9 Å². The molecule has 4 aliphatic carbocycles. The zero-order valence-electron chi connectivity index (χ0n) is 16.0. The Morgan fingerprint density at radius 2 is 1.82 bits per heavy atom. The highest BCUT2D eigenvalue weighted by Crippen LogP contribution is 2.61. The Bertz CT molecular complexity index is 823. The minimum absolute atomic E-state index is 0.00675. The average Bonchev–Trinajstić information content (AvgIpc) is 2.62. The summed E-state index contributed by atoms with van der Waals surface area (Å²) in [6.45, 7) is 2.05. The molecule has 4 fully saturated rings. The minimum atomic E-state index is -0.782. The Balaban J connectivity index is 1.43. The molecule has 0 heterocycles. The highest BCUT2D eigenvalue weighted by Gasteiger charge is 2.53. The van der Waals surface area contributed by atoms with Crippen molar-refractivity contribution in [1.82, 2.24) is 5.32 Å². The standard InChI is InChI=1S/C22H25F2N3O/c1-13(22-8-14-4-15(9-22)6-16(5-14)10-22)27-21(28)17(11-25)12-26-20-3-2-18(23)7-19(20)24/h2-3,7,12-16,26H,4-6,8-10H2,1H3,(H,27,28)/b17-12-. The van der Waals surface area contributed by atoms with Gasteiger partial charge in [-0.2, -0.15) is 5.26 Å². The second kappa shape index (κ2) is 7.20. The largest absolute Gasteiger partial charge is 0.358 e. The summed E-state index contributed by atoms with van der Waals surface area (Å²) in [5.41, 5.74) is 0.0259. The fourth-order valence-electron chi connectivity index (χ4n) is 6.04. The van der Waals surface area contributed by atoms with Crippen molar-refractivity contribution in [2.45, 2.75) is 51.5 Å². The SMILES string of the molecule is CC(NC(=O)/C(C#N)=C\Nc1ccc(F)cc1F)C12CC3CC(CC(C3)C1)C2. The molecular weight excluding hydrogens is 360 g/mol. The van der Waals surface area contributed by atoms with Gasteiger partial charge in [0.25, 0.3) is 5.91 Å². The molecule has 1 atom stereocenters. The van der Waals surface area contributed by atoms with Crippen LogP contribution in [0.2, 0.25) is 0 Å². The highest BCUT2D eigenvalue weighted by atomic mass is 19.1. The van der Waals surface area contributed by atoms with E-state index in [1.807, 2.05) is 13.0 Å². The maximum absolute atomic E-state index is 13.7. The predicted molar refractivity (Wildman–Crippen MR) is 102 cm³/mol. The molecule has 0 spiro atoms. The molecule has 148 valence electrons. The Labute approximate surface area is 164 Å². The van der Waals surface area contributed by atoms with E-state index in [2.05, 4.69) is 10.6 Å². The predicted octanol–water partition coefficient (Wildman–Crippen LogP) is 4.51. The second-order valence-electron chi connectivity index (χ2n) is 8.91. The molecule has 1 amide bonds. The zero-order chi connectivity index (χ0) is 19.9. The normalized spacial score (nSPS) is 31.9. The van der Waals surface area contributed by atoms with E-state index in [1.54, 1.807) is 0 Å².